The highest BCUT2D eigenvalue weighted by Gasteiger charge is 2.10. The Kier molecular flexibility index (Phi) is 5.92. The lowest BCUT2D eigenvalue weighted by molar-refractivity contribution is 0.473. The Balaban J connectivity index is 2.42. The van der Waals surface area contributed by atoms with Gasteiger partial charge in [-0.05, 0) is 61.7 Å². The van der Waals surface area contributed by atoms with Gasteiger partial charge in [0.15, 0.2) is 0 Å². The SMILES string of the molecule is C=C/C=C/c1cc(Sc2cc(C)c(OP)cc2C)c(C)cc1O. The second kappa shape index (κ2) is 7.72. The summed E-state index contributed by atoms with van der Waals surface area (Å²) in [6.07, 6.45) is 5.37. The van der Waals surface area contributed by atoms with Gasteiger partial charge < -0.3 is 9.63 Å². The Morgan fingerprint density at radius 3 is 2.35 bits per heavy atom. The van der Waals surface area contributed by atoms with Gasteiger partial charge in [-0.3, -0.25) is 0 Å². The largest absolute Gasteiger partial charge is 0.507 e. The molecule has 120 valence electrons. The molecule has 1 unspecified atom stereocenters. The number of phenols is 1. The standard InChI is InChI=1S/C19H21O2PS/c1-5-6-7-15-11-19(13(3)8-16(15)20)23-18-10-12(2)17(21-22)9-14(18)4/h5-11,20H,1,22H2,2-4H3/b7-6+. The zero-order valence-electron chi connectivity index (χ0n) is 13.6. The van der Waals surface area contributed by atoms with Crippen LogP contribution < -0.4 is 4.52 Å². The maximum atomic E-state index is 10.1. The van der Waals surface area contributed by atoms with Crippen LogP contribution in [0.1, 0.15) is 22.3 Å². The van der Waals surface area contributed by atoms with Crippen molar-refractivity contribution in [3.8, 4) is 11.5 Å². The van der Waals surface area contributed by atoms with Gasteiger partial charge in [0.2, 0.25) is 0 Å². The third-order valence-corrected chi connectivity index (χ3v) is 5.13. The number of hydrogen-bond acceptors (Lipinski definition) is 3. The zero-order chi connectivity index (χ0) is 17.0. The second-order valence-corrected chi connectivity index (χ2v) is 6.69. The highest BCUT2D eigenvalue weighted by molar-refractivity contribution is 7.99. The third-order valence-electron chi connectivity index (χ3n) is 3.56. The van der Waals surface area contributed by atoms with Gasteiger partial charge in [0.25, 0.3) is 0 Å². The first kappa shape index (κ1) is 17.7. The van der Waals surface area contributed by atoms with E-state index in [0.717, 1.165) is 32.9 Å². The van der Waals surface area contributed by atoms with Crippen LogP contribution in [-0.2, 0) is 0 Å². The minimum absolute atomic E-state index is 0.282. The number of aromatic hydroxyl groups is 1. The molecule has 0 saturated heterocycles. The topological polar surface area (TPSA) is 29.5 Å². The van der Waals surface area contributed by atoms with E-state index in [1.54, 1.807) is 23.9 Å². The fourth-order valence-electron chi connectivity index (χ4n) is 2.22. The molecular weight excluding hydrogens is 323 g/mol. The quantitative estimate of drug-likeness (QED) is 0.546. The third kappa shape index (κ3) is 4.19. The lowest BCUT2D eigenvalue weighted by Crippen LogP contribution is -1.89. The van der Waals surface area contributed by atoms with Crippen LogP contribution in [0.15, 0.2) is 52.8 Å². The number of aryl methyl sites for hydroxylation is 3. The van der Waals surface area contributed by atoms with E-state index in [2.05, 4.69) is 29.0 Å². The minimum Gasteiger partial charge on any atom is -0.507 e. The smallest absolute Gasteiger partial charge is 0.125 e. The Hall–Kier alpha value is -1.70. The maximum Gasteiger partial charge on any atom is 0.125 e. The first-order valence-electron chi connectivity index (χ1n) is 7.24. The molecule has 0 heterocycles. The molecule has 0 aromatic heterocycles. The van der Waals surface area contributed by atoms with Crippen LogP contribution in [0.25, 0.3) is 6.08 Å². The van der Waals surface area contributed by atoms with Crippen molar-refractivity contribution >= 4 is 27.3 Å². The predicted octanol–water partition coefficient (Wildman–Crippen LogP) is 5.84. The van der Waals surface area contributed by atoms with Crippen molar-refractivity contribution in [3.63, 3.8) is 0 Å². The van der Waals surface area contributed by atoms with Gasteiger partial charge in [0.05, 0.1) is 9.47 Å². The van der Waals surface area contributed by atoms with E-state index in [-0.39, 0.29) is 5.75 Å². The molecule has 4 heteroatoms. The van der Waals surface area contributed by atoms with Crippen LogP contribution in [0.5, 0.6) is 11.5 Å². The molecule has 2 aromatic rings. The summed E-state index contributed by atoms with van der Waals surface area (Å²) in [7, 11) is 2.29. The van der Waals surface area contributed by atoms with Gasteiger partial charge in [0.1, 0.15) is 11.5 Å². The summed E-state index contributed by atoms with van der Waals surface area (Å²) in [5.41, 5.74) is 4.09. The van der Waals surface area contributed by atoms with Crippen LogP contribution >= 0.6 is 21.2 Å². The summed E-state index contributed by atoms with van der Waals surface area (Å²) in [4.78, 5) is 2.30. The molecule has 1 atom stereocenters. The molecule has 0 aliphatic carbocycles. The monoisotopic (exact) mass is 344 g/mol. The first-order valence-corrected chi connectivity index (χ1v) is 8.53. The Bertz CT molecular complexity index is 766. The van der Waals surface area contributed by atoms with E-state index >= 15 is 0 Å². The molecule has 0 amide bonds. The molecule has 2 rings (SSSR count). The summed E-state index contributed by atoms with van der Waals surface area (Å²) in [5.74, 6) is 1.15. The number of phenolic OH excluding ortho intramolecular Hbond substituents is 1. The summed E-state index contributed by atoms with van der Waals surface area (Å²) >= 11 is 1.70. The molecule has 2 nitrogen and oxygen atoms in total. The van der Waals surface area contributed by atoms with E-state index in [9.17, 15) is 5.11 Å². The Morgan fingerprint density at radius 2 is 1.70 bits per heavy atom. The van der Waals surface area contributed by atoms with Crippen molar-refractivity contribution in [2.75, 3.05) is 0 Å². The van der Waals surface area contributed by atoms with E-state index in [4.69, 9.17) is 4.52 Å². The molecule has 23 heavy (non-hydrogen) atoms. The molecule has 0 spiro atoms. The van der Waals surface area contributed by atoms with Crippen molar-refractivity contribution in [3.05, 3.63) is 65.3 Å². The second-order valence-electron chi connectivity index (χ2n) is 5.37. The highest BCUT2D eigenvalue weighted by Crippen LogP contribution is 2.38. The number of allylic oxidation sites excluding steroid dienone is 2. The lowest BCUT2D eigenvalue weighted by Gasteiger charge is -2.13. The van der Waals surface area contributed by atoms with Crippen molar-refractivity contribution in [2.24, 2.45) is 0 Å². The Labute approximate surface area is 144 Å². The predicted molar refractivity (Wildman–Crippen MR) is 102 cm³/mol. The number of hydrogen-bond donors (Lipinski definition) is 1. The van der Waals surface area contributed by atoms with Gasteiger partial charge in [0, 0.05) is 15.4 Å². The van der Waals surface area contributed by atoms with Crippen LogP contribution in [-0.4, -0.2) is 5.11 Å². The molecule has 0 aliphatic heterocycles. The van der Waals surface area contributed by atoms with E-state index in [1.807, 2.05) is 38.1 Å². The molecule has 0 bridgehead atoms. The summed E-state index contributed by atoms with van der Waals surface area (Å²) in [6.45, 7) is 9.77. The molecule has 2 aromatic carbocycles. The average molecular weight is 344 g/mol. The molecule has 0 saturated carbocycles. The molecule has 1 N–H and O–H groups in total. The van der Waals surface area contributed by atoms with E-state index in [0.29, 0.717) is 0 Å². The minimum atomic E-state index is 0.282. The van der Waals surface area contributed by atoms with Crippen LogP contribution in [0.2, 0.25) is 0 Å². The van der Waals surface area contributed by atoms with E-state index in [1.165, 1.54) is 4.90 Å². The number of rotatable bonds is 5. The summed E-state index contributed by atoms with van der Waals surface area (Å²) in [5, 5.41) is 10.1. The highest BCUT2D eigenvalue weighted by atomic mass is 32.2. The zero-order valence-corrected chi connectivity index (χ0v) is 15.6. The molecule has 0 aliphatic rings. The lowest BCUT2D eigenvalue weighted by atomic mass is 10.1. The summed E-state index contributed by atoms with van der Waals surface area (Å²) < 4.78 is 5.29. The molecular formula is C19H21O2PS. The van der Waals surface area contributed by atoms with Crippen LogP contribution in [0.3, 0.4) is 0 Å². The maximum absolute atomic E-state index is 10.1. The normalized spacial score (nSPS) is 11.0. The Morgan fingerprint density at radius 1 is 1.04 bits per heavy atom. The van der Waals surface area contributed by atoms with Crippen molar-refractivity contribution in [1.29, 1.82) is 0 Å². The van der Waals surface area contributed by atoms with Gasteiger partial charge in [-0.25, -0.2) is 0 Å². The number of benzene rings is 2. The van der Waals surface area contributed by atoms with Crippen molar-refractivity contribution < 1.29 is 9.63 Å². The van der Waals surface area contributed by atoms with Crippen LogP contribution in [0, 0.1) is 20.8 Å². The molecule has 0 fully saturated rings. The van der Waals surface area contributed by atoms with Crippen molar-refractivity contribution in [1.82, 2.24) is 0 Å². The van der Waals surface area contributed by atoms with Gasteiger partial charge in [-0.1, -0.05) is 36.6 Å². The van der Waals surface area contributed by atoms with E-state index < -0.39 is 0 Å². The first-order chi connectivity index (χ1) is 11.0. The van der Waals surface area contributed by atoms with Crippen LogP contribution in [0.4, 0.5) is 0 Å². The fourth-order valence-corrected chi connectivity index (χ4v) is 3.57. The van der Waals surface area contributed by atoms with Gasteiger partial charge in [-0.15, -0.1) is 0 Å². The molecule has 0 radical (unpaired) electrons. The van der Waals surface area contributed by atoms with Crippen molar-refractivity contribution in [2.45, 2.75) is 30.6 Å². The summed E-state index contributed by atoms with van der Waals surface area (Å²) in [6, 6.07) is 7.97. The average Bonchev–Trinajstić information content (AvgIpc) is 2.51. The fraction of sp³-hybridized carbons (Fsp3) is 0.158. The van der Waals surface area contributed by atoms with Gasteiger partial charge in [-0.2, -0.15) is 0 Å². The van der Waals surface area contributed by atoms with Gasteiger partial charge >= 0.3 is 0 Å².